The maximum absolute atomic E-state index is 4.78. The molecule has 16 heavy (non-hydrogen) atoms. The number of fused-ring (bicyclic) bond motifs is 2. The van der Waals surface area contributed by atoms with Gasteiger partial charge in [0.15, 0.2) is 0 Å². The van der Waals surface area contributed by atoms with Crippen LogP contribution in [-0.2, 0) is 12.8 Å². The van der Waals surface area contributed by atoms with E-state index in [-0.39, 0.29) is 0 Å². The Bertz CT molecular complexity index is 531. The lowest BCUT2D eigenvalue weighted by atomic mass is 9.92. The van der Waals surface area contributed by atoms with Crippen molar-refractivity contribution in [1.29, 1.82) is 0 Å². The number of para-hydroxylation sites is 1. The molecule has 0 radical (unpaired) electrons. The van der Waals surface area contributed by atoms with Crippen LogP contribution in [-0.4, -0.2) is 12.0 Å². The Hall–Kier alpha value is -1.57. The highest BCUT2D eigenvalue weighted by molar-refractivity contribution is 5.93. The van der Waals surface area contributed by atoms with Crippen molar-refractivity contribution in [2.45, 2.75) is 25.7 Å². The van der Waals surface area contributed by atoms with Crippen LogP contribution in [0.1, 0.15) is 24.1 Å². The summed E-state index contributed by atoms with van der Waals surface area (Å²) in [6.07, 6.45) is 4.88. The summed E-state index contributed by atoms with van der Waals surface area (Å²) >= 11 is 0. The Labute approximate surface area is 95.7 Å². The number of nitrogens with one attached hydrogen (secondary N) is 1. The summed E-state index contributed by atoms with van der Waals surface area (Å²) in [7, 11) is 2.01. The van der Waals surface area contributed by atoms with E-state index >= 15 is 0 Å². The monoisotopic (exact) mass is 211 g/mol. The minimum atomic E-state index is 1.12. The number of aromatic nitrogens is 1. The molecule has 0 atom stereocenters. The van der Waals surface area contributed by atoms with Gasteiger partial charge < -0.3 is 5.32 Å². The fourth-order valence-corrected chi connectivity index (χ4v) is 2.66. The first-order valence-corrected chi connectivity index (χ1v) is 5.98. The number of rotatable bonds is 1. The van der Waals surface area contributed by atoms with Crippen LogP contribution in [0, 0.1) is 0 Å². The van der Waals surface area contributed by atoms with E-state index in [1.165, 1.54) is 41.6 Å². The molecule has 0 unspecified atom stereocenters. The van der Waals surface area contributed by atoms with Gasteiger partial charge in [-0.15, -0.1) is 0 Å². The molecule has 2 nitrogen and oxygen atoms in total. The standard InChI is InChI=1S/C14H16N2/c1-15-14-10-6-2-4-8-12(10)16-13-9-5-3-7-11(13)14/h2,4,6,8H,3,5,7,9H2,1H3,(H,15,16)/i1-1. The second-order valence-corrected chi connectivity index (χ2v) is 4.39. The summed E-state index contributed by atoms with van der Waals surface area (Å²) in [6, 6.07) is 8.40. The maximum Gasteiger partial charge on any atom is 0.0726 e. The zero-order valence-electron chi connectivity index (χ0n) is 9.59. The van der Waals surface area contributed by atoms with Crippen molar-refractivity contribution in [2.75, 3.05) is 12.4 Å². The first-order valence-electron chi connectivity index (χ1n) is 5.98. The molecule has 1 aromatic heterocycles. The third-order valence-corrected chi connectivity index (χ3v) is 3.42. The largest absolute Gasteiger partial charge is 0.387 e. The number of anilines is 1. The van der Waals surface area contributed by atoms with E-state index < -0.39 is 0 Å². The molecule has 0 saturated heterocycles. The van der Waals surface area contributed by atoms with Gasteiger partial charge in [-0.2, -0.15) is 0 Å². The van der Waals surface area contributed by atoms with Crippen molar-refractivity contribution in [3.8, 4) is 0 Å². The molecule has 0 bridgehead atoms. The summed E-state index contributed by atoms with van der Waals surface area (Å²) in [5.74, 6) is 0. The lowest BCUT2D eigenvalue weighted by Crippen LogP contribution is -2.09. The summed E-state index contributed by atoms with van der Waals surface area (Å²) in [4.78, 5) is 4.78. The average molecular weight is 211 g/mol. The molecule has 1 N–H and O–H groups in total. The Morgan fingerprint density at radius 2 is 1.94 bits per heavy atom. The van der Waals surface area contributed by atoms with Gasteiger partial charge in [0.1, 0.15) is 0 Å². The van der Waals surface area contributed by atoms with Gasteiger partial charge in [0.25, 0.3) is 0 Å². The second kappa shape index (κ2) is 3.78. The molecular weight excluding hydrogens is 195 g/mol. The van der Waals surface area contributed by atoms with Gasteiger partial charge >= 0.3 is 0 Å². The van der Waals surface area contributed by atoms with Crippen LogP contribution in [0.15, 0.2) is 24.3 Å². The van der Waals surface area contributed by atoms with Crippen LogP contribution in [0.3, 0.4) is 0 Å². The molecule has 1 aromatic carbocycles. The second-order valence-electron chi connectivity index (χ2n) is 4.39. The average Bonchev–Trinajstić information content (AvgIpc) is 2.36. The third kappa shape index (κ3) is 1.37. The molecule has 0 spiro atoms. The third-order valence-electron chi connectivity index (χ3n) is 3.42. The lowest BCUT2D eigenvalue weighted by molar-refractivity contribution is 0.672. The van der Waals surface area contributed by atoms with Gasteiger partial charge in [-0.05, 0) is 37.3 Å². The van der Waals surface area contributed by atoms with Crippen molar-refractivity contribution in [2.24, 2.45) is 0 Å². The molecule has 0 fully saturated rings. The summed E-state index contributed by atoms with van der Waals surface area (Å²) in [6.45, 7) is 0. The summed E-state index contributed by atoms with van der Waals surface area (Å²) < 4.78 is 0. The molecule has 2 heteroatoms. The first-order chi connectivity index (χ1) is 7.90. The quantitative estimate of drug-likeness (QED) is 0.783. The Kier molecular flexibility index (Phi) is 2.28. The molecule has 1 aliphatic rings. The fraction of sp³-hybridized carbons (Fsp3) is 0.357. The van der Waals surface area contributed by atoms with E-state index in [1.807, 2.05) is 7.05 Å². The lowest BCUT2D eigenvalue weighted by Gasteiger charge is -2.20. The zero-order chi connectivity index (χ0) is 11.0. The van der Waals surface area contributed by atoms with Crippen molar-refractivity contribution in [3.05, 3.63) is 35.5 Å². The minimum Gasteiger partial charge on any atom is -0.387 e. The van der Waals surface area contributed by atoms with E-state index in [9.17, 15) is 0 Å². The number of aryl methyl sites for hydroxylation is 1. The Morgan fingerprint density at radius 1 is 1.12 bits per heavy atom. The predicted octanol–water partition coefficient (Wildman–Crippen LogP) is 3.16. The maximum atomic E-state index is 4.78. The molecule has 0 amide bonds. The van der Waals surface area contributed by atoms with E-state index in [4.69, 9.17) is 4.98 Å². The fourth-order valence-electron chi connectivity index (χ4n) is 2.66. The molecule has 3 rings (SSSR count). The van der Waals surface area contributed by atoms with Crippen molar-refractivity contribution in [1.82, 2.24) is 4.98 Å². The minimum absolute atomic E-state index is 1.12. The van der Waals surface area contributed by atoms with Crippen LogP contribution in [0.2, 0.25) is 0 Å². The number of hydrogen-bond acceptors (Lipinski definition) is 2. The van der Waals surface area contributed by atoms with E-state index in [0.717, 1.165) is 11.9 Å². The van der Waals surface area contributed by atoms with Crippen molar-refractivity contribution >= 4 is 16.6 Å². The summed E-state index contributed by atoms with van der Waals surface area (Å²) in [5.41, 5.74) is 5.15. The van der Waals surface area contributed by atoms with Crippen LogP contribution in [0.5, 0.6) is 0 Å². The SMILES string of the molecule is [11CH3]Nc1c2c(nc3ccccc13)CCCC2. The molecule has 2 aromatic rings. The number of nitrogens with zero attached hydrogens (tertiary/aromatic N) is 1. The van der Waals surface area contributed by atoms with Crippen LogP contribution >= 0.6 is 0 Å². The molecular formula is C14H16N2. The molecule has 0 saturated carbocycles. The molecule has 1 aliphatic carbocycles. The predicted molar refractivity (Wildman–Crippen MR) is 67.9 cm³/mol. The highest BCUT2D eigenvalue weighted by Crippen LogP contribution is 2.32. The zero-order valence-corrected chi connectivity index (χ0v) is 9.59. The van der Waals surface area contributed by atoms with Crippen LogP contribution in [0.25, 0.3) is 10.9 Å². The number of benzene rings is 1. The topological polar surface area (TPSA) is 24.9 Å². The van der Waals surface area contributed by atoms with E-state index in [2.05, 4.69) is 29.6 Å². The highest BCUT2D eigenvalue weighted by Gasteiger charge is 2.16. The molecule has 1 heterocycles. The summed E-state index contributed by atoms with van der Waals surface area (Å²) in [5, 5.41) is 4.61. The normalized spacial score (nSPS) is 14.8. The molecule has 0 aliphatic heterocycles. The van der Waals surface area contributed by atoms with E-state index in [1.54, 1.807) is 0 Å². The van der Waals surface area contributed by atoms with Crippen molar-refractivity contribution in [3.63, 3.8) is 0 Å². The van der Waals surface area contributed by atoms with Crippen LogP contribution < -0.4 is 5.32 Å². The van der Waals surface area contributed by atoms with Gasteiger partial charge in [0.05, 0.1) is 5.52 Å². The van der Waals surface area contributed by atoms with Gasteiger partial charge in [0.2, 0.25) is 0 Å². The van der Waals surface area contributed by atoms with Gasteiger partial charge in [-0.25, -0.2) is 0 Å². The number of pyridine rings is 1. The first kappa shape index (κ1) is 9.64. The van der Waals surface area contributed by atoms with Gasteiger partial charge in [-0.1, -0.05) is 18.2 Å². The van der Waals surface area contributed by atoms with Crippen LogP contribution in [0.4, 0.5) is 5.69 Å². The smallest absolute Gasteiger partial charge is 0.0726 e. The number of hydrogen-bond donors (Lipinski definition) is 1. The highest BCUT2D eigenvalue weighted by atomic mass is 14.8. The van der Waals surface area contributed by atoms with Gasteiger partial charge in [-0.3, -0.25) is 4.98 Å². The molecule has 82 valence electrons. The Balaban J connectivity index is 2.35. The van der Waals surface area contributed by atoms with Crippen molar-refractivity contribution < 1.29 is 0 Å². The van der Waals surface area contributed by atoms with Gasteiger partial charge in [0, 0.05) is 23.8 Å². The Morgan fingerprint density at radius 3 is 2.81 bits per heavy atom. The van der Waals surface area contributed by atoms with E-state index in [0.29, 0.717) is 0 Å².